The van der Waals surface area contributed by atoms with Crippen molar-refractivity contribution in [2.24, 2.45) is 0 Å². The molecule has 1 heterocycles. The lowest BCUT2D eigenvalue weighted by Crippen LogP contribution is -2.94. The van der Waals surface area contributed by atoms with Crippen molar-refractivity contribution in [3.8, 4) is 5.75 Å². The fourth-order valence-electron chi connectivity index (χ4n) is 3.03. The Labute approximate surface area is 145 Å². The summed E-state index contributed by atoms with van der Waals surface area (Å²) in [5.41, 5.74) is 3.26. The molecule has 3 nitrogen and oxygen atoms in total. The molecule has 2 unspecified atom stereocenters. The molecule has 0 aliphatic carbocycles. The summed E-state index contributed by atoms with van der Waals surface area (Å²) in [6.07, 6.45) is 4.71. The molecule has 0 amide bonds. The van der Waals surface area contributed by atoms with Crippen LogP contribution in [0.2, 0.25) is 0 Å². The Morgan fingerprint density at radius 3 is 2.57 bits per heavy atom. The van der Waals surface area contributed by atoms with Crippen LogP contribution in [0, 0.1) is 0 Å². The average Bonchev–Trinajstić information content (AvgIpc) is 2.56. The third kappa shape index (κ3) is 3.77. The van der Waals surface area contributed by atoms with E-state index in [4.69, 9.17) is 0 Å². The highest BCUT2D eigenvalue weighted by atomic mass is 79.9. The minimum absolute atomic E-state index is 0.118. The number of aromatic hydroxyl groups is 1. The van der Waals surface area contributed by atoms with Crippen LogP contribution in [0.5, 0.6) is 5.75 Å². The Balaban J connectivity index is 1.96. The first-order valence-corrected chi connectivity index (χ1v) is 8.84. The maximum Gasteiger partial charge on any atom is 0.159 e. The van der Waals surface area contributed by atoms with Crippen molar-refractivity contribution in [3.63, 3.8) is 0 Å². The highest BCUT2D eigenvalue weighted by Crippen LogP contribution is 2.27. The summed E-state index contributed by atoms with van der Waals surface area (Å²) in [6, 6.07) is 16.1. The molecule has 1 aliphatic heterocycles. The highest BCUT2D eigenvalue weighted by Gasteiger charge is 2.27. The van der Waals surface area contributed by atoms with Crippen molar-refractivity contribution in [1.82, 2.24) is 5.32 Å². The molecule has 120 valence electrons. The van der Waals surface area contributed by atoms with Crippen LogP contribution in [0.3, 0.4) is 0 Å². The summed E-state index contributed by atoms with van der Waals surface area (Å²) in [4.78, 5) is 0. The van der Waals surface area contributed by atoms with Crippen LogP contribution in [-0.4, -0.2) is 11.3 Å². The van der Waals surface area contributed by atoms with Crippen LogP contribution in [-0.2, 0) is 0 Å². The van der Waals surface area contributed by atoms with Crippen molar-refractivity contribution in [3.05, 3.63) is 70.2 Å². The maximum atomic E-state index is 10.2. The number of benzene rings is 2. The van der Waals surface area contributed by atoms with Gasteiger partial charge in [0.25, 0.3) is 0 Å². The molecule has 0 spiro atoms. The number of hydrogen-bond donors (Lipinski definition) is 3. The van der Waals surface area contributed by atoms with Gasteiger partial charge in [0, 0.05) is 22.7 Å². The SMILES string of the molecule is CCCC1NC(c2ccc(Br)cc2)=CC(c2ccccc2O)[NH2+]1. The van der Waals surface area contributed by atoms with Crippen molar-refractivity contribution in [2.75, 3.05) is 0 Å². The van der Waals surface area contributed by atoms with Gasteiger partial charge in [-0.1, -0.05) is 47.1 Å². The van der Waals surface area contributed by atoms with E-state index in [0.717, 1.165) is 28.6 Å². The number of nitrogens with one attached hydrogen (secondary N) is 1. The van der Waals surface area contributed by atoms with Gasteiger partial charge in [0.15, 0.2) is 6.17 Å². The third-order valence-electron chi connectivity index (χ3n) is 4.18. The summed E-state index contributed by atoms with van der Waals surface area (Å²) < 4.78 is 1.08. The first-order valence-electron chi connectivity index (χ1n) is 8.04. The van der Waals surface area contributed by atoms with Crippen LogP contribution in [0.4, 0.5) is 0 Å². The van der Waals surface area contributed by atoms with Crippen molar-refractivity contribution in [2.45, 2.75) is 32.0 Å². The Morgan fingerprint density at radius 2 is 1.87 bits per heavy atom. The van der Waals surface area contributed by atoms with Crippen LogP contribution >= 0.6 is 15.9 Å². The fraction of sp³-hybridized carbons (Fsp3) is 0.263. The molecule has 4 heteroatoms. The molecule has 0 fully saturated rings. The molecule has 0 radical (unpaired) electrons. The zero-order valence-corrected chi connectivity index (χ0v) is 14.8. The van der Waals surface area contributed by atoms with Crippen LogP contribution in [0.1, 0.15) is 36.9 Å². The summed E-state index contributed by atoms with van der Waals surface area (Å²) in [5.74, 6) is 0.359. The molecule has 0 bridgehead atoms. The Kier molecular flexibility index (Phi) is 5.03. The Morgan fingerprint density at radius 1 is 1.13 bits per heavy atom. The molecule has 0 aromatic heterocycles. The molecular formula is C19H22BrN2O+. The third-order valence-corrected chi connectivity index (χ3v) is 4.71. The lowest BCUT2D eigenvalue weighted by molar-refractivity contribution is -0.724. The van der Waals surface area contributed by atoms with Gasteiger partial charge >= 0.3 is 0 Å². The smallest absolute Gasteiger partial charge is 0.159 e. The second kappa shape index (κ2) is 7.20. The van der Waals surface area contributed by atoms with Crippen LogP contribution in [0.15, 0.2) is 59.1 Å². The second-order valence-corrected chi connectivity index (χ2v) is 6.82. The molecule has 23 heavy (non-hydrogen) atoms. The summed E-state index contributed by atoms with van der Waals surface area (Å²) in [5, 5.41) is 16.1. The van der Waals surface area contributed by atoms with E-state index in [1.165, 1.54) is 5.56 Å². The van der Waals surface area contributed by atoms with E-state index in [0.29, 0.717) is 11.9 Å². The quantitative estimate of drug-likeness (QED) is 0.767. The fourth-order valence-corrected chi connectivity index (χ4v) is 3.30. The number of nitrogens with two attached hydrogens (primary N) is 1. The van der Waals surface area contributed by atoms with E-state index in [2.05, 4.69) is 63.8 Å². The minimum atomic E-state index is 0.118. The van der Waals surface area contributed by atoms with E-state index in [1.54, 1.807) is 6.07 Å². The number of hydrogen-bond acceptors (Lipinski definition) is 2. The van der Waals surface area contributed by atoms with E-state index >= 15 is 0 Å². The monoisotopic (exact) mass is 373 g/mol. The van der Waals surface area contributed by atoms with Gasteiger partial charge in [-0.2, -0.15) is 0 Å². The van der Waals surface area contributed by atoms with Gasteiger partial charge < -0.3 is 15.7 Å². The zero-order valence-electron chi connectivity index (χ0n) is 13.2. The minimum Gasteiger partial charge on any atom is -0.507 e. The number of phenolic OH excluding ortho intramolecular Hbond substituents is 1. The number of halogens is 1. The van der Waals surface area contributed by atoms with Gasteiger partial charge in [-0.15, -0.1) is 0 Å². The number of rotatable bonds is 4. The Hall–Kier alpha value is -1.78. The summed E-state index contributed by atoms with van der Waals surface area (Å²) in [6.45, 7) is 2.20. The number of phenols is 1. The molecular weight excluding hydrogens is 352 g/mol. The molecule has 4 N–H and O–H groups in total. The van der Waals surface area contributed by atoms with Crippen LogP contribution < -0.4 is 10.6 Å². The van der Waals surface area contributed by atoms with Crippen LogP contribution in [0.25, 0.3) is 5.70 Å². The van der Waals surface area contributed by atoms with Crippen molar-refractivity contribution >= 4 is 21.6 Å². The molecule has 2 aromatic carbocycles. The molecule has 0 saturated carbocycles. The average molecular weight is 374 g/mol. The van der Waals surface area contributed by atoms with E-state index < -0.39 is 0 Å². The van der Waals surface area contributed by atoms with E-state index in [9.17, 15) is 5.11 Å². The van der Waals surface area contributed by atoms with Crippen molar-refractivity contribution in [1.29, 1.82) is 0 Å². The second-order valence-electron chi connectivity index (χ2n) is 5.90. The predicted molar refractivity (Wildman–Crippen MR) is 96.7 cm³/mol. The topological polar surface area (TPSA) is 48.9 Å². The summed E-state index contributed by atoms with van der Waals surface area (Å²) in [7, 11) is 0. The Bertz CT molecular complexity index is 697. The highest BCUT2D eigenvalue weighted by molar-refractivity contribution is 9.10. The van der Waals surface area contributed by atoms with E-state index in [-0.39, 0.29) is 6.04 Å². The lowest BCUT2D eigenvalue weighted by Gasteiger charge is -2.29. The molecule has 2 atom stereocenters. The summed E-state index contributed by atoms with van der Waals surface area (Å²) >= 11 is 3.49. The van der Waals surface area contributed by atoms with E-state index in [1.807, 2.05) is 18.2 Å². The van der Waals surface area contributed by atoms with Gasteiger partial charge in [0.05, 0.1) is 5.56 Å². The predicted octanol–water partition coefficient (Wildman–Crippen LogP) is 3.53. The molecule has 0 saturated heterocycles. The number of quaternary nitrogens is 1. The van der Waals surface area contributed by atoms with Gasteiger partial charge in [-0.3, -0.25) is 0 Å². The largest absolute Gasteiger partial charge is 0.507 e. The zero-order chi connectivity index (χ0) is 16.2. The van der Waals surface area contributed by atoms with Gasteiger partial charge in [0.1, 0.15) is 11.8 Å². The maximum absolute atomic E-state index is 10.2. The first kappa shape index (κ1) is 16.1. The lowest BCUT2D eigenvalue weighted by atomic mass is 9.99. The van der Waals surface area contributed by atoms with Crippen molar-refractivity contribution < 1.29 is 10.4 Å². The van der Waals surface area contributed by atoms with Gasteiger partial charge in [-0.25, -0.2) is 0 Å². The molecule has 3 rings (SSSR count). The molecule has 2 aromatic rings. The van der Waals surface area contributed by atoms with Gasteiger partial charge in [-0.05, 0) is 36.2 Å². The van der Waals surface area contributed by atoms with Gasteiger partial charge in [0.2, 0.25) is 0 Å². The molecule has 1 aliphatic rings. The normalized spacial score (nSPS) is 20.7. The standard InChI is InChI=1S/C19H21BrN2O/c1-2-5-19-21-16(13-8-10-14(20)11-9-13)12-17(22-19)15-6-3-4-7-18(15)23/h3-4,6-12,17,19,21-23H,2,5H2,1H3/p+1. The first-order chi connectivity index (χ1) is 11.2. The number of para-hydroxylation sites is 1.